The lowest BCUT2D eigenvalue weighted by molar-refractivity contribution is -0.115. The molecule has 2 aromatic rings. The quantitative estimate of drug-likeness (QED) is 0.693. The third-order valence-corrected chi connectivity index (χ3v) is 2.82. The molecule has 2 N–H and O–H groups in total. The maximum atomic E-state index is 11.7. The molecule has 7 nitrogen and oxygen atoms in total. The van der Waals surface area contributed by atoms with Gasteiger partial charge in [0.15, 0.2) is 0 Å². The van der Waals surface area contributed by atoms with Gasteiger partial charge in [0.1, 0.15) is 12.7 Å². The van der Waals surface area contributed by atoms with E-state index in [1.54, 1.807) is 18.1 Å². The molecule has 1 aromatic heterocycles. The van der Waals surface area contributed by atoms with Crippen molar-refractivity contribution in [1.29, 1.82) is 0 Å². The van der Waals surface area contributed by atoms with Gasteiger partial charge in [0, 0.05) is 19.3 Å². The van der Waals surface area contributed by atoms with Gasteiger partial charge < -0.3 is 15.4 Å². The van der Waals surface area contributed by atoms with Gasteiger partial charge in [-0.25, -0.2) is 9.67 Å². The summed E-state index contributed by atoms with van der Waals surface area (Å²) < 4.78 is 6.64. The van der Waals surface area contributed by atoms with Crippen LogP contribution in [0.15, 0.2) is 36.9 Å². The first-order valence-electron chi connectivity index (χ1n) is 6.69. The Labute approximate surface area is 147 Å². The minimum Gasteiger partial charge on any atom is -0.383 e. The van der Waals surface area contributed by atoms with Gasteiger partial charge in [-0.15, -0.1) is 24.8 Å². The molecule has 2 rings (SSSR count). The highest BCUT2D eigenvalue weighted by Crippen LogP contribution is 2.10. The number of aromatic nitrogens is 3. The van der Waals surface area contributed by atoms with Gasteiger partial charge in [0.2, 0.25) is 5.91 Å². The lowest BCUT2D eigenvalue weighted by atomic mass is 10.2. The number of nitrogens with zero attached hydrogens (tertiary/aromatic N) is 3. The molecule has 0 spiro atoms. The highest BCUT2D eigenvalue weighted by molar-refractivity contribution is 5.92. The zero-order valence-electron chi connectivity index (χ0n) is 12.8. The minimum absolute atomic E-state index is 0. The van der Waals surface area contributed by atoms with E-state index in [-0.39, 0.29) is 37.3 Å². The van der Waals surface area contributed by atoms with Crippen molar-refractivity contribution in [2.45, 2.75) is 6.54 Å². The van der Waals surface area contributed by atoms with Crippen molar-refractivity contribution in [3.05, 3.63) is 42.5 Å². The molecule has 0 fully saturated rings. The van der Waals surface area contributed by atoms with Crippen LogP contribution in [-0.4, -0.2) is 47.5 Å². The molecule has 0 aliphatic heterocycles. The Morgan fingerprint density at radius 1 is 1.26 bits per heavy atom. The van der Waals surface area contributed by atoms with Gasteiger partial charge in [-0.2, -0.15) is 5.10 Å². The number of hydrogen-bond acceptors (Lipinski definition) is 5. The SMILES string of the molecule is COCCNCC(=O)Nc1ccc(Cn2cncn2)cc1.Cl.Cl. The van der Waals surface area contributed by atoms with Crippen LogP contribution in [0, 0.1) is 0 Å². The first-order valence-corrected chi connectivity index (χ1v) is 6.69. The van der Waals surface area contributed by atoms with Crippen LogP contribution in [0.5, 0.6) is 0 Å². The number of nitrogens with one attached hydrogen (secondary N) is 2. The molecule has 0 unspecified atom stereocenters. The fourth-order valence-corrected chi connectivity index (χ4v) is 1.78. The summed E-state index contributed by atoms with van der Waals surface area (Å²) in [5, 5.41) is 9.87. The fourth-order valence-electron chi connectivity index (χ4n) is 1.78. The first kappa shape index (κ1) is 21.3. The topological polar surface area (TPSA) is 81.1 Å². The second-order valence-corrected chi connectivity index (χ2v) is 4.51. The summed E-state index contributed by atoms with van der Waals surface area (Å²) in [4.78, 5) is 15.6. The van der Waals surface area contributed by atoms with Gasteiger partial charge in [0.25, 0.3) is 0 Å². The zero-order chi connectivity index (χ0) is 14.9. The van der Waals surface area contributed by atoms with Crippen LogP contribution in [0.4, 0.5) is 5.69 Å². The Morgan fingerprint density at radius 3 is 2.61 bits per heavy atom. The predicted octanol–water partition coefficient (Wildman–Crippen LogP) is 1.34. The second kappa shape index (κ2) is 11.8. The summed E-state index contributed by atoms with van der Waals surface area (Å²) >= 11 is 0. The fraction of sp³-hybridized carbons (Fsp3) is 0.357. The molecule has 128 valence electrons. The van der Waals surface area contributed by atoms with E-state index in [2.05, 4.69) is 20.7 Å². The maximum absolute atomic E-state index is 11.7. The summed E-state index contributed by atoms with van der Waals surface area (Å²) in [5.41, 5.74) is 1.87. The molecule has 0 radical (unpaired) electrons. The van der Waals surface area contributed by atoms with Crippen LogP contribution < -0.4 is 10.6 Å². The first-order chi connectivity index (χ1) is 10.3. The number of rotatable bonds is 8. The van der Waals surface area contributed by atoms with Gasteiger partial charge in [-0.3, -0.25) is 4.79 Å². The number of hydrogen-bond donors (Lipinski definition) is 2. The number of anilines is 1. The monoisotopic (exact) mass is 361 g/mol. The molecule has 1 amide bonds. The molecule has 23 heavy (non-hydrogen) atoms. The Balaban J connectivity index is 0.00000242. The van der Waals surface area contributed by atoms with Crippen LogP contribution in [0.2, 0.25) is 0 Å². The highest BCUT2D eigenvalue weighted by Gasteiger charge is 2.02. The van der Waals surface area contributed by atoms with E-state index in [4.69, 9.17) is 4.74 Å². The number of carbonyl (C=O) groups is 1. The van der Waals surface area contributed by atoms with Crippen LogP contribution in [0.1, 0.15) is 5.56 Å². The molecule has 1 aromatic carbocycles. The van der Waals surface area contributed by atoms with Gasteiger partial charge in [0.05, 0.1) is 19.7 Å². The van der Waals surface area contributed by atoms with Crippen LogP contribution in [0.25, 0.3) is 0 Å². The van der Waals surface area contributed by atoms with Gasteiger partial charge >= 0.3 is 0 Å². The molecule has 9 heteroatoms. The summed E-state index contributed by atoms with van der Waals surface area (Å²) in [7, 11) is 1.63. The number of halogens is 2. The summed E-state index contributed by atoms with van der Waals surface area (Å²) in [6, 6.07) is 7.66. The van der Waals surface area contributed by atoms with E-state index in [1.807, 2.05) is 24.3 Å². The Kier molecular flexibility index (Phi) is 11.0. The second-order valence-electron chi connectivity index (χ2n) is 4.51. The average molecular weight is 362 g/mol. The third kappa shape index (κ3) is 7.94. The van der Waals surface area contributed by atoms with Crippen molar-refractivity contribution in [3.8, 4) is 0 Å². The molecule has 0 aliphatic carbocycles. The average Bonchev–Trinajstić information content (AvgIpc) is 2.99. The normalized spacial score (nSPS) is 9.61. The van der Waals surface area contributed by atoms with Crippen LogP contribution >= 0.6 is 24.8 Å². The van der Waals surface area contributed by atoms with Crippen molar-refractivity contribution in [1.82, 2.24) is 20.1 Å². The number of benzene rings is 1. The van der Waals surface area contributed by atoms with Crippen molar-refractivity contribution >= 4 is 36.4 Å². The largest absolute Gasteiger partial charge is 0.383 e. The molecular weight excluding hydrogens is 341 g/mol. The standard InChI is InChI=1S/C14H19N5O2.2ClH/c1-21-7-6-15-8-14(20)18-13-4-2-12(3-5-13)9-19-11-16-10-17-19;;/h2-5,10-11,15H,6-9H2,1H3,(H,18,20);2*1H. The molecule has 0 atom stereocenters. The van der Waals surface area contributed by atoms with Crippen LogP contribution in [-0.2, 0) is 16.1 Å². The van der Waals surface area contributed by atoms with Crippen molar-refractivity contribution < 1.29 is 9.53 Å². The van der Waals surface area contributed by atoms with E-state index in [0.717, 1.165) is 11.3 Å². The predicted molar refractivity (Wildman–Crippen MR) is 93.4 cm³/mol. The maximum Gasteiger partial charge on any atom is 0.238 e. The van der Waals surface area contributed by atoms with E-state index in [1.165, 1.54) is 6.33 Å². The third-order valence-electron chi connectivity index (χ3n) is 2.82. The zero-order valence-corrected chi connectivity index (χ0v) is 14.4. The Bertz CT molecular complexity index is 549. The smallest absolute Gasteiger partial charge is 0.238 e. The van der Waals surface area contributed by atoms with Crippen molar-refractivity contribution in [2.24, 2.45) is 0 Å². The summed E-state index contributed by atoms with van der Waals surface area (Å²) in [6.07, 6.45) is 3.17. The van der Waals surface area contributed by atoms with Gasteiger partial charge in [-0.1, -0.05) is 12.1 Å². The summed E-state index contributed by atoms with van der Waals surface area (Å²) in [5.74, 6) is -0.0740. The highest BCUT2D eigenvalue weighted by atomic mass is 35.5. The Morgan fingerprint density at radius 2 is 2.00 bits per heavy atom. The van der Waals surface area contributed by atoms with Crippen molar-refractivity contribution in [2.75, 3.05) is 32.1 Å². The van der Waals surface area contributed by atoms with E-state index >= 15 is 0 Å². The molecule has 0 saturated carbocycles. The lowest BCUT2D eigenvalue weighted by Crippen LogP contribution is -2.30. The molecule has 0 aliphatic rings. The van der Waals surface area contributed by atoms with E-state index in [9.17, 15) is 4.79 Å². The van der Waals surface area contributed by atoms with E-state index in [0.29, 0.717) is 19.7 Å². The number of ether oxygens (including phenoxy) is 1. The number of carbonyl (C=O) groups excluding carboxylic acids is 1. The number of methoxy groups -OCH3 is 1. The van der Waals surface area contributed by atoms with Crippen molar-refractivity contribution in [3.63, 3.8) is 0 Å². The molecular formula is C14H21Cl2N5O2. The molecule has 1 heterocycles. The summed E-state index contributed by atoms with van der Waals surface area (Å²) in [6.45, 7) is 2.17. The Hall–Kier alpha value is -1.67. The minimum atomic E-state index is -0.0740. The van der Waals surface area contributed by atoms with E-state index < -0.39 is 0 Å². The molecule has 0 bridgehead atoms. The lowest BCUT2D eigenvalue weighted by Gasteiger charge is -2.07. The number of amides is 1. The van der Waals surface area contributed by atoms with Gasteiger partial charge in [-0.05, 0) is 17.7 Å². The van der Waals surface area contributed by atoms with Crippen LogP contribution in [0.3, 0.4) is 0 Å². The molecule has 0 saturated heterocycles.